The zero-order valence-corrected chi connectivity index (χ0v) is 20.4. The molecule has 0 nitrogen and oxygen atoms in total. The van der Waals surface area contributed by atoms with Gasteiger partial charge in [-0.3, -0.25) is 0 Å². The highest BCUT2D eigenvalue weighted by molar-refractivity contribution is 14.1. The minimum absolute atomic E-state index is 0.219. The lowest BCUT2D eigenvalue weighted by molar-refractivity contribution is 0.574. The van der Waals surface area contributed by atoms with Gasteiger partial charge in [-0.05, 0) is 105 Å². The summed E-state index contributed by atoms with van der Waals surface area (Å²) in [6, 6.07) is 35.5. The second-order valence-corrected chi connectivity index (χ2v) is 10.1. The number of allylic oxidation sites excluding steroid dienone is 4. The Morgan fingerprint density at radius 3 is 2.55 bits per heavy atom. The molecule has 6 rings (SSSR count). The highest BCUT2D eigenvalue weighted by Gasteiger charge is 2.31. The number of rotatable bonds is 4. The number of hydrogen-bond donors (Lipinski definition) is 0. The van der Waals surface area contributed by atoms with Crippen molar-refractivity contribution in [3.8, 4) is 22.3 Å². The van der Waals surface area contributed by atoms with Crippen LogP contribution >= 0.6 is 22.6 Å². The third-order valence-corrected chi connectivity index (χ3v) is 7.56. The highest BCUT2D eigenvalue weighted by Crippen LogP contribution is 2.49. The van der Waals surface area contributed by atoms with Crippen LogP contribution in [0.2, 0.25) is 0 Å². The van der Waals surface area contributed by atoms with Gasteiger partial charge in [-0.25, -0.2) is 0 Å². The summed E-state index contributed by atoms with van der Waals surface area (Å²) in [5.41, 5.74) is 10.9. The van der Waals surface area contributed by atoms with Gasteiger partial charge in [-0.15, -0.1) is 0 Å². The molecule has 2 atom stereocenters. The van der Waals surface area contributed by atoms with E-state index in [2.05, 4.69) is 132 Å². The van der Waals surface area contributed by atoms with Crippen molar-refractivity contribution >= 4 is 22.6 Å². The first-order valence-corrected chi connectivity index (χ1v) is 12.6. The summed E-state index contributed by atoms with van der Waals surface area (Å²) >= 11 is 2.43. The molecular weight excluding hydrogens is 511 g/mol. The molecule has 2 aliphatic carbocycles. The molecule has 0 fully saturated rings. The van der Waals surface area contributed by atoms with Crippen molar-refractivity contribution in [2.75, 3.05) is 0 Å². The van der Waals surface area contributed by atoms with Crippen LogP contribution in [0.25, 0.3) is 22.3 Å². The van der Waals surface area contributed by atoms with Gasteiger partial charge in [0.1, 0.15) is 0 Å². The van der Waals surface area contributed by atoms with Gasteiger partial charge in [-0.2, -0.15) is 0 Å². The monoisotopic (exact) mass is 534 g/mol. The Balaban J connectivity index is 1.64. The lowest BCUT2D eigenvalue weighted by atomic mass is 9.74. The molecule has 0 heterocycles. The van der Waals surface area contributed by atoms with E-state index in [1.165, 1.54) is 48.1 Å². The Morgan fingerprint density at radius 1 is 0.848 bits per heavy atom. The van der Waals surface area contributed by atoms with Crippen LogP contribution in [-0.4, -0.2) is 0 Å². The zero-order valence-electron chi connectivity index (χ0n) is 18.3. The smallest absolute Gasteiger partial charge is 0.0241 e. The molecule has 158 valence electrons. The van der Waals surface area contributed by atoms with Crippen molar-refractivity contribution in [3.05, 3.63) is 141 Å². The van der Waals surface area contributed by atoms with Crippen molar-refractivity contribution in [3.63, 3.8) is 0 Å². The van der Waals surface area contributed by atoms with Crippen LogP contribution in [-0.2, 0) is 6.42 Å². The van der Waals surface area contributed by atoms with E-state index in [1.807, 2.05) is 6.07 Å². The fourth-order valence-electron chi connectivity index (χ4n) is 5.47. The SMILES string of the molecule is Ic1ccc2c(c1)Cc1ccc(C(c3c#cccc3)C3C=CC=CC3)c(-c3ccccc3)c1-2. The van der Waals surface area contributed by atoms with Crippen molar-refractivity contribution in [2.45, 2.75) is 18.8 Å². The molecule has 1 heteroatoms. The predicted octanol–water partition coefficient (Wildman–Crippen LogP) is 8.39. The molecular formula is C32H23I. The first-order chi connectivity index (χ1) is 16.3. The molecule has 0 spiro atoms. The molecule has 0 saturated carbocycles. The maximum atomic E-state index is 3.45. The molecule has 0 N–H and O–H groups in total. The Hall–Kier alpha value is -3.09. The van der Waals surface area contributed by atoms with Gasteiger partial charge in [0, 0.05) is 15.1 Å². The van der Waals surface area contributed by atoms with Crippen molar-refractivity contribution < 1.29 is 0 Å². The molecule has 0 amide bonds. The van der Waals surface area contributed by atoms with E-state index in [0.29, 0.717) is 5.92 Å². The molecule has 2 unspecified atom stereocenters. The Bertz CT molecular complexity index is 1360. The summed E-state index contributed by atoms with van der Waals surface area (Å²) in [5.74, 6) is 0.609. The third-order valence-electron chi connectivity index (χ3n) is 6.89. The fourth-order valence-corrected chi connectivity index (χ4v) is 6.03. The van der Waals surface area contributed by atoms with Gasteiger partial charge >= 0.3 is 0 Å². The van der Waals surface area contributed by atoms with Gasteiger partial charge in [0.2, 0.25) is 0 Å². The fraction of sp³-hybridized carbons (Fsp3) is 0.125. The van der Waals surface area contributed by atoms with Gasteiger partial charge < -0.3 is 0 Å². The van der Waals surface area contributed by atoms with E-state index in [0.717, 1.165) is 12.8 Å². The highest BCUT2D eigenvalue weighted by atomic mass is 127. The van der Waals surface area contributed by atoms with Crippen molar-refractivity contribution in [1.29, 1.82) is 0 Å². The lowest BCUT2D eigenvalue weighted by Gasteiger charge is -2.29. The zero-order chi connectivity index (χ0) is 22.2. The summed E-state index contributed by atoms with van der Waals surface area (Å²) in [5, 5.41) is 0. The van der Waals surface area contributed by atoms with Crippen LogP contribution in [0.1, 0.15) is 34.6 Å². The third kappa shape index (κ3) is 3.73. The molecule has 2 aliphatic rings. The molecule has 0 saturated heterocycles. The summed E-state index contributed by atoms with van der Waals surface area (Å²) in [7, 11) is 0. The first-order valence-electron chi connectivity index (χ1n) is 11.5. The summed E-state index contributed by atoms with van der Waals surface area (Å²) in [4.78, 5) is 0. The van der Waals surface area contributed by atoms with Crippen molar-refractivity contribution in [2.24, 2.45) is 5.92 Å². The maximum Gasteiger partial charge on any atom is 0.0241 e. The molecule has 33 heavy (non-hydrogen) atoms. The van der Waals surface area contributed by atoms with Gasteiger partial charge in [0.05, 0.1) is 0 Å². The van der Waals surface area contributed by atoms with E-state index < -0.39 is 0 Å². The second kappa shape index (κ2) is 8.69. The Labute approximate surface area is 209 Å². The average Bonchev–Trinajstić information content (AvgIpc) is 3.23. The standard InChI is InChI=1S/C32H23I/c33-27-17-19-28-26(21-27)20-25-16-18-29(31(32(25)28)24-14-8-3-9-15-24)30(22-10-4-1-5-11-22)23-12-6-2-7-13-23/h1-6,8-10,12,14-19,21-22,30H,11,20H2. The van der Waals surface area contributed by atoms with Crippen LogP contribution in [0.4, 0.5) is 0 Å². The molecule has 0 radical (unpaired) electrons. The van der Waals surface area contributed by atoms with Crippen LogP contribution in [0.15, 0.2) is 103 Å². The van der Waals surface area contributed by atoms with Gasteiger partial charge in [0.15, 0.2) is 0 Å². The largest absolute Gasteiger partial charge is 0.0839 e. The van der Waals surface area contributed by atoms with Crippen LogP contribution in [0, 0.1) is 21.6 Å². The first kappa shape index (κ1) is 20.5. The second-order valence-electron chi connectivity index (χ2n) is 8.85. The van der Waals surface area contributed by atoms with Gasteiger partial charge in [-0.1, -0.05) is 91.0 Å². The molecule has 4 aromatic carbocycles. The average molecular weight is 534 g/mol. The predicted molar refractivity (Wildman–Crippen MR) is 145 cm³/mol. The summed E-state index contributed by atoms with van der Waals surface area (Å²) < 4.78 is 1.30. The number of halogens is 1. The van der Waals surface area contributed by atoms with E-state index in [-0.39, 0.29) is 5.92 Å². The normalized spacial score (nSPS) is 16.7. The Morgan fingerprint density at radius 2 is 1.76 bits per heavy atom. The van der Waals surface area contributed by atoms with Crippen LogP contribution < -0.4 is 0 Å². The molecule has 4 aromatic rings. The van der Waals surface area contributed by atoms with Gasteiger partial charge in [0.25, 0.3) is 0 Å². The van der Waals surface area contributed by atoms with E-state index in [4.69, 9.17) is 0 Å². The number of benzene rings is 3. The topological polar surface area (TPSA) is 0 Å². The minimum Gasteiger partial charge on any atom is -0.0839 e. The van der Waals surface area contributed by atoms with Crippen LogP contribution in [0.3, 0.4) is 0 Å². The molecule has 0 aromatic heterocycles. The maximum absolute atomic E-state index is 3.45. The number of fused-ring (bicyclic) bond motifs is 3. The minimum atomic E-state index is 0.219. The molecule has 0 bridgehead atoms. The van der Waals surface area contributed by atoms with E-state index in [9.17, 15) is 0 Å². The summed E-state index contributed by atoms with van der Waals surface area (Å²) in [6.45, 7) is 0. The van der Waals surface area contributed by atoms with E-state index in [1.54, 1.807) is 0 Å². The number of hydrogen-bond acceptors (Lipinski definition) is 0. The molecule has 0 aliphatic heterocycles. The van der Waals surface area contributed by atoms with Crippen LogP contribution in [0.5, 0.6) is 0 Å². The quantitative estimate of drug-likeness (QED) is 0.203. The summed E-state index contributed by atoms with van der Waals surface area (Å²) in [6.07, 6.45) is 11.0. The lowest BCUT2D eigenvalue weighted by Crippen LogP contribution is -2.15. The Kier molecular flexibility index (Phi) is 5.40. The van der Waals surface area contributed by atoms with Crippen molar-refractivity contribution in [1.82, 2.24) is 0 Å². The van der Waals surface area contributed by atoms with E-state index >= 15 is 0 Å².